The van der Waals surface area contributed by atoms with Gasteiger partial charge in [0.25, 0.3) is 5.56 Å². The topological polar surface area (TPSA) is 22.0 Å². The van der Waals surface area contributed by atoms with Crippen LogP contribution in [0.3, 0.4) is 0 Å². The minimum absolute atomic E-state index is 0.0503. The molecular weight excluding hydrogens is 289 g/mol. The summed E-state index contributed by atoms with van der Waals surface area (Å²) in [4.78, 5) is 12.9. The molecule has 0 amide bonds. The summed E-state index contributed by atoms with van der Waals surface area (Å²) in [7, 11) is 0. The van der Waals surface area contributed by atoms with Gasteiger partial charge in [0.2, 0.25) is 0 Å². The molecule has 4 aromatic rings. The fourth-order valence-corrected chi connectivity index (χ4v) is 3.37. The minimum atomic E-state index is -0.320. The number of hydrogen-bond donors (Lipinski definition) is 0. The Bertz CT molecular complexity index is 1110. The van der Waals surface area contributed by atoms with Gasteiger partial charge in [-0.3, -0.25) is 4.79 Å². The lowest BCUT2D eigenvalue weighted by atomic mass is 10.0. The SMILES string of the molecule is CCCn1c(=O)c2ccc(F)cc2c2ccc3ccccc3c21. The van der Waals surface area contributed by atoms with Crippen LogP contribution in [-0.2, 0) is 6.54 Å². The van der Waals surface area contributed by atoms with Crippen molar-refractivity contribution in [2.24, 2.45) is 0 Å². The van der Waals surface area contributed by atoms with Crippen molar-refractivity contribution in [1.29, 1.82) is 0 Å². The van der Waals surface area contributed by atoms with Crippen LogP contribution < -0.4 is 5.56 Å². The zero-order valence-electron chi connectivity index (χ0n) is 12.8. The quantitative estimate of drug-likeness (QED) is 0.485. The Morgan fingerprint density at radius 2 is 1.70 bits per heavy atom. The summed E-state index contributed by atoms with van der Waals surface area (Å²) in [6.45, 7) is 2.70. The van der Waals surface area contributed by atoms with E-state index in [9.17, 15) is 9.18 Å². The van der Waals surface area contributed by atoms with Gasteiger partial charge in [-0.25, -0.2) is 4.39 Å². The van der Waals surface area contributed by atoms with E-state index in [1.54, 1.807) is 6.07 Å². The molecule has 0 aliphatic carbocycles. The summed E-state index contributed by atoms with van der Waals surface area (Å²) in [6.07, 6.45) is 0.866. The highest BCUT2D eigenvalue weighted by molar-refractivity contribution is 6.15. The smallest absolute Gasteiger partial charge is 0.258 e. The molecule has 0 atom stereocenters. The highest BCUT2D eigenvalue weighted by atomic mass is 19.1. The number of hydrogen-bond acceptors (Lipinski definition) is 1. The van der Waals surface area contributed by atoms with Crippen molar-refractivity contribution in [2.45, 2.75) is 19.9 Å². The molecule has 0 fully saturated rings. The second kappa shape index (κ2) is 5.20. The maximum absolute atomic E-state index is 13.7. The summed E-state index contributed by atoms with van der Waals surface area (Å²) in [5, 5.41) is 4.29. The zero-order valence-corrected chi connectivity index (χ0v) is 12.8. The van der Waals surface area contributed by atoms with Gasteiger partial charge in [0.05, 0.1) is 5.52 Å². The molecule has 0 N–H and O–H groups in total. The lowest BCUT2D eigenvalue weighted by molar-refractivity contribution is 0.629. The van der Waals surface area contributed by atoms with Gasteiger partial charge in [-0.1, -0.05) is 43.3 Å². The molecule has 0 radical (unpaired) electrons. The largest absolute Gasteiger partial charge is 0.307 e. The molecule has 0 saturated carbocycles. The second-order valence-electron chi connectivity index (χ2n) is 5.83. The van der Waals surface area contributed by atoms with Gasteiger partial charge in [0.15, 0.2) is 0 Å². The van der Waals surface area contributed by atoms with E-state index in [-0.39, 0.29) is 11.4 Å². The number of fused-ring (bicyclic) bond motifs is 5. The van der Waals surface area contributed by atoms with Crippen LogP contribution in [0.2, 0.25) is 0 Å². The van der Waals surface area contributed by atoms with Crippen molar-refractivity contribution in [3.63, 3.8) is 0 Å². The number of rotatable bonds is 2. The van der Waals surface area contributed by atoms with Crippen molar-refractivity contribution in [2.75, 3.05) is 0 Å². The van der Waals surface area contributed by atoms with Crippen LogP contribution >= 0.6 is 0 Å². The second-order valence-corrected chi connectivity index (χ2v) is 5.83. The van der Waals surface area contributed by atoms with Gasteiger partial charge in [0.1, 0.15) is 5.82 Å². The lowest BCUT2D eigenvalue weighted by Gasteiger charge is -2.15. The number of benzene rings is 3. The molecular formula is C20H16FNO. The molecule has 2 nitrogen and oxygen atoms in total. The highest BCUT2D eigenvalue weighted by Gasteiger charge is 2.13. The number of aryl methyl sites for hydroxylation is 1. The van der Waals surface area contributed by atoms with Gasteiger partial charge in [0, 0.05) is 22.7 Å². The van der Waals surface area contributed by atoms with E-state index in [0.717, 1.165) is 28.1 Å². The van der Waals surface area contributed by atoms with Crippen LogP contribution in [0.15, 0.2) is 59.4 Å². The van der Waals surface area contributed by atoms with Gasteiger partial charge in [-0.2, -0.15) is 0 Å². The standard InChI is InChI=1S/C20H16FNO/c1-2-11-22-19-15-6-4-3-5-13(15)7-9-16(19)18-12-14(21)8-10-17(18)20(22)23/h3-10,12H,2,11H2,1H3. The molecule has 1 heterocycles. The van der Waals surface area contributed by atoms with Gasteiger partial charge >= 0.3 is 0 Å². The van der Waals surface area contributed by atoms with Crippen molar-refractivity contribution in [3.8, 4) is 0 Å². The van der Waals surface area contributed by atoms with Crippen molar-refractivity contribution in [3.05, 3.63) is 70.8 Å². The number of nitrogens with zero attached hydrogens (tertiary/aromatic N) is 1. The van der Waals surface area contributed by atoms with E-state index in [0.29, 0.717) is 17.3 Å². The van der Waals surface area contributed by atoms with E-state index in [2.05, 4.69) is 6.92 Å². The number of aromatic nitrogens is 1. The van der Waals surface area contributed by atoms with Crippen LogP contribution in [0.25, 0.3) is 32.4 Å². The summed E-state index contributed by atoms with van der Waals surface area (Å²) >= 11 is 0. The van der Waals surface area contributed by atoms with E-state index >= 15 is 0 Å². The van der Waals surface area contributed by atoms with Gasteiger partial charge in [-0.15, -0.1) is 0 Å². The maximum Gasteiger partial charge on any atom is 0.258 e. The normalized spacial score (nSPS) is 11.6. The first kappa shape index (κ1) is 13.9. The monoisotopic (exact) mass is 305 g/mol. The Balaban J connectivity index is 2.34. The Morgan fingerprint density at radius 1 is 0.913 bits per heavy atom. The predicted octanol–water partition coefficient (Wildman–Crippen LogP) is 4.86. The van der Waals surface area contributed by atoms with E-state index in [1.807, 2.05) is 41.0 Å². The Labute approximate surface area is 132 Å². The fraction of sp³-hybridized carbons (Fsp3) is 0.150. The third-order valence-corrected chi connectivity index (χ3v) is 4.37. The van der Waals surface area contributed by atoms with E-state index < -0.39 is 0 Å². The van der Waals surface area contributed by atoms with Crippen LogP contribution in [0.1, 0.15) is 13.3 Å². The van der Waals surface area contributed by atoms with Crippen LogP contribution in [0.5, 0.6) is 0 Å². The molecule has 0 spiro atoms. The molecule has 4 rings (SSSR count). The first-order valence-electron chi connectivity index (χ1n) is 7.84. The summed E-state index contributed by atoms with van der Waals surface area (Å²) in [6, 6.07) is 16.4. The van der Waals surface area contributed by atoms with Gasteiger partial charge < -0.3 is 4.57 Å². The molecule has 0 saturated heterocycles. The van der Waals surface area contributed by atoms with Crippen molar-refractivity contribution in [1.82, 2.24) is 4.57 Å². The molecule has 3 heteroatoms. The van der Waals surface area contributed by atoms with E-state index in [4.69, 9.17) is 0 Å². The first-order valence-corrected chi connectivity index (χ1v) is 7.84. The molecule has 23 heavy (non-hydrogen) atoms. The predicted molar refractivity (Wildman–Crippen MR) is 93.5 cm³/mol. The fourth-order valence-electron chi connectivity index (χ4n) is 3.37. The van der Waals surface area contributed by atoms with Gasteiger partial charge in [-0.05, 0) is 35.4 Å². The van der Waals surface area contributed by atoms with Crippen LogP contribution in [0, 0.1) is 5.82 Å². The average Bonchev–Trinajstić information content (AvgIpc) is 2.57. The summed E-state index contributed by atoms with van der Waals surface area (Å²) in [5.41, 5.74) is 0.846. The molecule has 0 aliphatic heterocycles. The summed E-state index contributed by atoms with van der Waals surface area (Å²) < 4.78 is 15.6. The number of halogens is 1. The maximum atomic E-state index is 13.7. The Morgan fingerprint density at radius 3 is 2.52 bits per heavy atom. The number of pyridine rings is 1. The molecule has 114 valence electrons. The average molecular weight is 305 g/mol. The molecule has 3 aromatic carbocycles. The Kier molecular flexibility index (Phi) is 3.15. The molecule has 1 aromatic heterocycles. The zero-order chi connectivity index (χ0) is 16.0. The summed E-state index contributed by atoms with van der Waals surface area (Å²) in [5.74, 6) is -0.320. The third kappa shape index (κ3) is 2.04. The minimum Gasteiger partial charge on any atom is -0.307 e. The van der Waals surface area contributed by atoms with Crippen molar-refractivity contribution < 1.29 is 4.39 Å². The van der Waals surface area contributed by atoms with Crippen LogP contribution in [0.4, 0.5) is 4.39 Å². The highest BCUT2D eigenvalue weighted by Crippen LogP contribution is 2.30. The Hall–Kier alpha value is -2.68. The molecule has 0 bridgehead atoms. The first-order chi connectivity index (χ1) is 11.2. The molecule has 0 unspecified atom stereocenters. The van der Waals surface area contributed by atoms with Crippen LogP contribution in [-0.4, -0.2) is 4.57 Å². The van der Waals surface area contributed by atoms with Crippen molar-refractivity contribution >= 4 is 32.4 Å². The van der Waals surface area contributed by atoms with E-state index in [1.165, 1.54) is 12.1 Å². The lowest BCUT2D eigenvalue weighted by Crippen LogP contribution is -2.21. The molecule has 0 aliphatic rings. The third-order valence-electron chi connectivity index (χ3n) is 4.37.